The summed E-state index contributed by atoms with van der Waals surface area (Å²) in [5.74, 6) is -0.331. The number of hydrogen-bond acceptors (Lipinski definition) is 5. The maximum atomic E-state index is 13.1. The highest BCUT2D eigenvalue weighted by Gasteiger charge is 2.31. The number of benzene rings is 2. The molecule has 1 saturated heterocycles. The largest absolute Gasteiger partial charge is 0.335 e. The Morgan fingerprint density at radius 1 is 1.00 bits per heavy atom. The number of anilines is 1. The van der Waals surface area contributed by atoms with Gasteiger partial charge in [0.1, 0.15) is 0 Å². The van der Waals surface area contributed by atoms with Crippen LogP contribution in [0.3, 0.4) is 0 Å². The van der Waals surface area contributed by atoms with Crippen LogP contribution >= 0.6 is 0 Å². The third kappa shape index (κ3) is 5.16. The van der Waals surface area contributed by atoms with Crippen molar-refractivity contribution in [2.24, 2.45) is 0 Å². The van der Waals surface area contributed by atoms with Crippen molar-refractivity contribution >= 4 is 27.5 Å². The number of amides is 2. The van der Waals surface area contributed by atoms with Crippen molar-refractivity contribution in [1.29, 1.82) is 0 Å². The molecule has 2 heterocycles. The maximum absolute atomic E-state index is 13.1. The number of carbonyl (C=O) groups excluding carboxylic acids is 2. The van der Waals surface area contributed by atoms with Crippen LogP contribution in [0.25, 0.3) is 0 Å². The summed E-state index contributed by atoms with van der Waals surface area (Å²) >= 11 is 0. The number of rotatable bonds is 6. The molecule has 2 amide bonds. The van der Waals surface area contributed by atoms with E-state index in [1.54, 1.807) is 23.1 Å². The fourth-order valence-electron chi connectivity index (χ4n) is 4.81. The lowest BCUT2D eigenvalue weighted by molar-refractivity contribution is -0.132. The fraction of sp³-hybridized carbons (Fsp3) is 0.440. The van der Waals surface area contributed by atoms with Gasteiger partial charge < -0.3 is 15.1 Å². The molecule has 2 aliphatic heterocycles. The van der Waals surface area contributed by atoms with E-state index in [1.807, 2.05) is 24.3 Å². The molecule has 1 N–H and O–H groups in total. The van der Waals surface area contributed by atoms with E-state index in [4.69, 9.17) is 0 Å². The van der Waals surface area contributed by atoms with Gasteiger partial charge in [-0.25, -0.2) is 8.42 Å². The fourth-order valence-corrected chi connectivity index (χ4v) is 6.27. The number of carbonyl (C=O) groups is 2. The Labute approximate surface area is 201 Å². The molecule has 0 aromatic heterocycles. The minimum atomic E-state index is -3.64. The monoisotopic (exact) mass is 484 g/mol. The predicted octanol–water partition coefficient (Wildman–Crippen LogP) is 2.49. The number of sulfonamides is 1. The Balaban J connectivity index is 1.48. The zero-order valence-electron chi connectivity index (χ0n) is 19.7. The van der Waals surface area contributed by atoms with Crippen molar-refractivity contribution in [2.75, 3.05) is 44.6 Å². The molecule has 0 aliphatic carbocycles. The number of nitrogens with zero attached hydrogens (tertiary/aromatic N) is 3. The van der Waals surface area contributed by atoms with Gasteiger partial charge in [0.25, 0.3) is 0 Å². The van der Waals surface area contributed by atoms with E-state index in [1.165, 1.54) is 17.3 Å². The first-order valence-electron chi connectivity index (χ1n) is 11.8. The van der Waals surface area contributed by atoms with Crippen molar-refractivity contribution in [2.45, 2.75) is 37.6 Å². The second kappa shape index (κ2) is 10.2. The van der Waals surface area contributed by atoms with Crippen LogP contribution < -0.4 is 5.32 Å². The van der Waals surface area contributed by atoms with Crippen molar-refractivity contribution < 1.29 is 18.0 Å². The van der Waals surface area contributed by atoms with Crippen molar-refractivity contribution in [3.05, 3.63) is 59.7 Å². The van der Waals surface area contributed by atoms with Crippen LogP contribution in [0, 0.1) is 0 Å². The van der Waals surface area contributed by atoms with Gasteiger partial charge >= 0.3 is 0 Å². The van der Waals surface area contributed by atoms with E-state index < -0.39 is 10.0 Å². The van der Waals surface area contributed by atoms with E-state index in [0.717, 1.165) is 24.1 Å². The van der Waals surface area contributed by atoms with Crippen LogP contribution in [0.2, 0.25) is 0 Å². The average Bonchev–Trinajstić information content (AvgIpc) is 2.84. The van der Waals surface area contributed by atoms with E-state index in [-0.39, 0.29) is 29.2 Å². The molecule has 34 heavy (non-hydrogen) atoms. The van der Waals surface area contributed by atoms with E-state index in [9.17, 15) is 18.0 Å². The second-order valence-electron chi connectivity index (χ2n) is 8.80. The summed E-state index contributed by atoms with van der Waals surface area (Å²) in [6.07, 6.45) is 0.868. The molecule has 9 heteroatoms. The van der Waals surface area contributed by atoms with Gasteiger partial charge in [-0.05, 0) is 42.3 Å². The first-order valence-corrected chi connectivity index (χ1v) is 13.2. The predicted molar refractivity (Wildman–Crippen MR) is 131 cm³/mol. The standard InChI is InChI=1S/C25H32N4O4S/c1-3-27-13-15-28(16-14-27)34(32,33)22-9-6-8-21(17-22)26-25(31)18-24-23-10-5-4-7-20(23)11-12-29(24)19(2)30/h4-10,17,24H,3,11-16,18H2,1-2H3,(H,26,31). The van der Waals surface area contributed by atoms with E-state index in [2.05, 4.69) is 17.1 Å². The molecule has 1 unspecified atom stereocenters. The number of nitrogens with one attached hydrogen (secondary N) is 1. The van der Waals surface area contributed by atoms with Crippen molar-refractivity contribution in [3.8, 4) is 0 Å². The van der Waals surface area contributed by atoms with Crippen LogP contribution in [0.15, 0.2) is 53.4 Å². The highest BCUT2D eigenvalue weighted by Crippen LogP contribution is 2.32. The molecule has 1 atom stereocenters. The van der Waals surface area contributed by atoms with E-state index in [0.29, 0.717) is 38.4 Å². The van der Waals surface area contributed by atoms with Gasteiger partial charge in [-0.3, -0.25) is 9.59 Å². The van der Waals surface area contributed by atoms with Crippen molar-refractivity contribution in [3.63, 3.8) is 0 Å². The molecule has 0 saturated carbocycles. The summed E-state index contributed by atoms with van der Waals surface area (Å²) in [4.78, 5) is 29.3. The van der Waals surface area contributed by atoms with Gasteiger partial charge in [0.2, 0.25) is 21.8 Å². The molecule has 0 bridgehead atoms. The van der Waals surface area contributed by atoms with Crippen LogP contribution in [0.1, 0.15) is 37.4 Å². The molecule has 8 nitrogen and oxygen atoms in total. The maximum Gasteiger partial charge on any atom is 0.243 e. The molecule has 2 aliphatic rings. The Bertz CT molecular complexity index is 1160. The molecule has 0 radical (unpaired) electrons. The lowest BCUT2D eigenvalue weighted by Crippen LogP contribution is -2.48. The zero-order valence-corrected chi connectivity index (χ0v) is 20.6. The molecule has 2 aromatic carbocycles. The Kier molecular flexibility index (Phi) is 7.35. The molecule has 2 aromatic rings. The average molecular weight is 485 g/mol. The highest BCUT2D eigenvalue weighted by molar-refractivity contribution is 7.89. The molecule has 1 fully saturated rings. The second-order valence-corrected chi connectivity index (χ2v) is 10.7. The summed E-state index contributed by atoms with van der Waals surface area (Å²) < 4.78 is 27.8. The van der Waals surface area contributed by atoms with Crippen LogP contribution in [0.4, 0.5) is 5.69 Å². The molecular formula is C25H32N4O4S. The summed E-state index contributed by atoms with van der Waals surface area (Å²) in [6.45, 7) is 7.39. The van der Waals surface area contributed by atoms with Crippen LogP contribution in [0.5, 0.6) is 0 Å². The quantitative estimate of drug-likeness (QED) is 0.681. The highest BCUT2D eigenvalue weighted by atomic mass is 32.2. The first-order chi connectivity index (χ1) is 16.3. The van der Waals surface area contributed by atoms with Gasteiger partial charge in [-0.2, -0.15) is 4.31 Å². The summed E-state index contributed by atoms with van der Waals surface area (Å²) in [6, 6.07) is 13.9. The van der Waals surface area contributed by atoms with Crippen LogP contribution in [-0.2, 0) is 26.0 Å². The normalized spacial score (nSPS) is 19.5. The minimum absolute atomic E-state index is 0.0661. The van der Waals surface area contributed by atoms with Gasteiger partial charge in [-0.15, -0.1) is 0 Å². The summed E-state index contributed by atoms with van der Waals surface area (Å²) in [5.41, 5.74) is 2.56. The lowest BCUT2D eigenvalue weighted by Gasteiger charge is -2.36. The lowest BCUT2D eigenvalue weighted by atomic mass is 9.90. The third-order valence-corrected chi connectivity index (χ3v) is 8.62. The molecule has 182 valence electrons. The van der Waals surface area contributed by atoms with Crippen LogP contribution in [-0.4, -0.2) is 73.6 Å². The van der Waals surface area contributed by atoms with Gasteiger partial charge in [-0.1, -0.05) is 37.3 Å². The Hall–Kier alpha value is -2.75. The number of fused-ring (bicyclic) bond motifs is 1. The molecule has 4 rings (SSSR count). The third-order valence-electron chi connectivity index (χ3n) is 6.73. The zero-order chi connectivity index (χ0) is 24.3. The van der Waals surface area contributed by atoms with Gasteiger partial charge in [0, 0.05) is 45.3 Å². The minimum Gasteiger partial charge on any atom is -0.335 e. The number of hydrogen-bond donors (Lipinski definition) is 1. The number of likely N-dealkylation sites (N-methyl/N-ethyl adjacent to an activating group) is 1. The topological polar surface area (TPSA) is 90.0 Å². The summed E-state index contributed by atoms with van der Waals surface area (Å²) in [5, 5.41) is 2.84. The number of piperazine rings is 1. The summed E-state index contributed by atoms with van der Waals surface area (Å²) in [7, 11) is -3.64. The molecule has 0 spiro atoms. The smallest absolute Gasteiger partial charge is 0.243 e. The Morgan fingerprint density at radius 3 is 2.44 bits per heavy atom. The van der Waals surface area contributed by atoms with Crippen molar-refractivity contribution in [1.82, 2.24) is 14.1 Å². The van der Waals surface area contributed by atoms with E-state index >= 15 is 0 Å². The van der Waals surface area contributed by atoms with Gasteiger partial charge in [0.05, 0.1) is 17.4 Å². The Morgan fingerprint density at radius 2 is 1.74 bits per heavy atom. The first kappa shape index (κ1) is 24.4. The molecular weight excluding hydrogens is 452 g/mol. The van der Waals surface area contributed by atoms with Gasteiger partial charge in [0.15, 0.2) is 0 Å². The SMILES string of the molecule is CCN1CCN(S(=O)(=O)c2cccc(NC(=O)CC3c4ccccc4CCN3C(C)=O)c2)CC1.